The standard InChI is InChI=1S/C35H36N6O6/c1-35(2,26-12-9-22(10-13-26)33(43)47-44)18-28-27-8-6-5-7-24(27)20-39-41(28)30(42)14-11-23-15-21(17-29(45-3)31(23)46-4)16-25-19-38-34(37)40-32(25)36/h5-15,17,19-20,28,44H,16,18H2,1-4H3,(H4,36,37,38,40). The summed E-state index contributed by atoms with van der Waals surface area (Å²) in [5.74, 6) is 0.139. The van der Waals surface area contributed by atoms with Gasteiger partial charge >= 0.3 is 5.97 Å². The highest BCUT2D eigenvalue weighted by Crippen LogP contribution is 2.40. The van der Waals surface area contributed by atoms with Gasteiger partial charge in [-0.05, 0) is 64.4 Å². The molecule has 3 aromatic carbocycles. The van der Waals surface area contributed by atoms with Crippen molar-refractivity contribution in [1.82, 2.24) is 15.0 Å². The number of anilines is 2. The van der Waals surface area contributed by atoms with Gasteiger partial charge in [0.2, 0.25) is 5.95 Å². The summed E-state index contributed by atoms with van der Waals surface area (Å²) in [5.41, 5.74) is 16.5. The fraction of sp³-hybridized carbons (Fsp3) is 0.229. The Balaban J connectivity index is 1.45. The minimum atomic E-state index is -0.836. The molecule has 5 rings (SSSR count). The van der Waals surface area contributed by atoms with Gasteiger partial charge in [-0.25, -0.2) is 14.8 Å². The Morgan fingerprint density at radius 1 is 1.04 bits per heavy atom. The van der Waals surface area contributed by atoms with Gasteiger partial charge in [-0.2, -0.15) is 15.3 Å². The maximum atomic E-state index is 13.9. The van der Waals surface area contributed by atoms with Crippen molar-refractivity contribution in [2.24, 2.45) is 5.10 Å². The van der Waals surface area contributed by atoms with Crippen LogP contribution in [0.2, 0.25) is 0 Å². The van der Waals surface area contributed by atoms with E-state index < -0.39 is 17.4 Å². The van der Waals surface area contributed by atoms with Crippen LogP contribution in [-0.4, -0.2) is 52.5 Å². The second-order valence-electron chi connectivity index (χ2n) is 11.7. The van der Waals surface area contributed by atoms with E-state index >= 15 is 0 Å². The average molecular weight is 637 g/mol. The van der Waals surface area contributed by atoms with Crippen molar-refractivity contribution < 1.29 is 29.2 Å². The molecular formula is C35H36N6O6. The molecule has 1 aliphatic heterocycles. The Morgan fingerprint density at radius 2 is 1.79 bits per heavy atom. The number of fused-ring (bicyclic) bond motifs is 1. The zero-order chi connectivity index (χ0) is 33.7. The van der Waals surface area contributed by atoms with Crippen molar-refractivity contribution >= 4 is 35.9 Å². The number of hydrogen-bond acceptors (Lipinski definition) is 11. The lowest BCUT2D eigenvalue weighted by atomic mass is 9.76. The molecular weight excluding hydrogens is 600 g/mol. The van der Waals surface area contributed by atoms with E-state index in [4.69, 9.17) is 26.2 Å². The molecule has 1 aromatic heterocycles. The largest absolute Gasteiger partial charge is 0.493 e. The van der Waals surface area contributed by atoms with Gasteiger partial charge < -0.3 is 20.9 Å². The zero-order valence-corrected chi connectivity index (χ0v) is 26.5. The predicted molar refractivity (Wildman–Crippen MR) is 178 cm³/mol. The van der Waals surface area contributed by atoms with E-state index in [0.29, 0.717) is 35.5 Å². The first kappa shape index (κ1) is 32.6. The SMILES string of the molecule is COc1cc(Cc2cnc(N)nc2N)cc(C=CC(=O)N2N=Cc3ccccc3C2CC(C)(C)c2ccc(C(=O)OO)cc2)c1OC. The van der Waals surface area contributed by atoms with E-state index in [-0.39, 0.29) is 23.2 Å². The van der Waals surface area contributed by atoms with Crippen molar-refractivity contribution in [3.05, 3.63) is 112 Å². The fourth-order valence-electron chi connectivity index (χ4n) is 5.69. The monoisotopic (exact) mass is 636 g/mol. The van der Waals surface area contributed by atoms with Gasteiger partial charge in [0.05, 0.1) is 32.0 Å². The van der Waals surface area contributed by atoms with Crippen molar-refractivity contribution in [2.45, 2.75) is 38.1 Å². The number of nitrogen functional groups attached to an aromatic ring is 2. The molecule has 0 spiro atoms. The van der Waals surface area contributed by atoms with Crippen molar-refractivity contribution in [3.63, 3.8) is 0 Å². The van der Waals surface area contributed by atoms with Gasteiger partial charge in [-0.1, -0.05) is 50.2 Å². The predicted octanol–water partition coefficient (Wildman–Crippen LogP) is 5.18. The Kier molecular flexibility index (Phi) is 9.52. The molecule has 1 atom stereocenters. The quantitative estimate of drug-likeness (QED) is 0.119. The summed E-state index contributed by atoms with van der Waals surface area (Å²) in [6.45, 7) is 4.13. The van der Waals surface area contributed by atoms with E-state index in [1.165, 1.54) is 18.2 Å². The molecule has 0 saturated carbocycles. The minimum absolute atomic E-state index is 0.0907. The summed E-state index contributed by atoms with van der Waals surface area (Å²) >= 11 is 0. The zero-order valence-electron chi connectivity index (χ0n) is 26.5. The number of hydrogen-bond donors (Lipinski definition) is 3. The summed E-state index contributed by atoms with van der Waals surface area (Å²) in [6.07, 6.45) is 7.31. The molecule has 0 radical (unpaired) electrons. The smallest absolute Gasteiger partial charge is 0.372 e. The Morgan fingerprint density at radius 3 is 2.47 bits per heavy atom. The van der Waals surface area contributed by atoms with E-state index in [1.54, 1.807) is 37.7 Å². The van der Waals surface area contributed by atoms with E-state index in [1.807, 2.05) is 48.5 Å². The van der Waals surface area contributed by atoms with Crippen molar-refractivity contribution in [2.75, 3.05) is 25.7 Å². The molecule has 0 aliphatic carbocycles. The topological polar surface area (TPSA) is 175 Å². The second-order valence-corrected chi connectivity index (χ2v) is 11.7. The maximum Gasteiger partial charge on any atom is 0.372 e. The van der Waals surface area contributed by atoms with Gasteiger partial charge in [-0.15, -0.1) is 0 Å². The number of benzene rings is 3. The van der Waals surface area contributed by atoms with Crippen LogP contribution in [0.3, 0.4) is 0 Å². The van der Waals surface area contributed by atoms with Gasteiger partial charge in [0.25, 0.3) is 5.91 Å². The molecule has 12 heteroatoms. The number of aromatic nitrogens is 2. The molecule has 12 nitrogen and oxygen atoms in total. The molecule has 47 heavy (non-hydrogen) atoms. The lowest BCUT2D eigenvalue weighted by molar-refractivity contribution is -0.182. The number of amides is 1. The molecule has 4 aromatic rings. The highest BCUT2D eigenvalue weighted by molar-refractivity contribution is 5.95. The van der Waals surface area contributed by atoms with Crippen LogP contribution in [0.4, 0.5) is 11.8 Å². The van der Waals surface area contributed by atoms with Crippen LogP contribution in [0, 0.1) is 0 Å². The molecule has 0 fully saturated rings. The molecule has 0 saturated heterocycles. The molecule has 2 heterocycles. The highest BCUT2D eigenvalue weighted by Gasteiger charge is 2.35. The van der Waals surface area contributed by atoms with Crippen molar-refractivity contribution in [3.8, 4) is 11.5 Å². The number of rotatable bonds is 10. The number of nitrogens with zero attached hydrogens (tertiary/aromatic N) is 4. The molecule has 1 amide bonds. The maximum absolute atomic E-state index is 13.9. The lowest BCUT2D eigenvalue weighted by Gasteiger charge is -2.37. The highest BCUT2D eigenvalue weighted by atomic mass is 17.1. The van der Waals surface area contributed by atoms with Crippen LogP contribution in [0.5, 0.6) is 11.5 Å². The van der Waals surface area contributed by atoms with E-state index in [2.05, 4.69) is 33.8 Å². The Labute approximate surface area is 272 Å². The number of hydrazone groups is 1. The summed E-state index contributed by atoms with van der Waals surface area (Å²) in [4.78, 5) is 37.6. The van der Waals surface area contributed by atoms with Gasteiger partial charge in [0.1, 0.15) is 5.82 Å². The van der Waals surface area contributed by atoms with Crippen LogP contribution in [0.25, 0.3) is 6.08 Å². The summed E-state index contributed by atoms with van der Waals surface area (Å²) in [6, 6.07) is 18.0. The third-order valence-corrected chi connectivity index (χ3v) is 8.17. The van der Waals surface area contributed by atoms with E-state index in [9.17, 15) is 9.59 Å². The summed E-state index contributed by atoms with van der Waals surface area (Å²) in [7, 11) is 3.07. The van der Waals surface area contributed by atoms with Crippen LogP contribution < -0.4 is 20.9 Å². The van der Waals surface area contributed by atoms with Gasteiger partial charge in [0, 0.05) is 29.8 Å². The number of carbonyl (C=O) groups is 2. The normalized spacial score (nSPS) is 14.1. The molecule has 0 bridgehead atoms. The van der Waals surface area contributed by atoms with Crippen LogP contribution in [0.15, 0.2) is 78.0 Å². The summed E-state index contributed by atoms with van der Waals surface area (Å²) in [5, 5.41) is 14.8. The fourth-order valence-corrected chi connectivity index (χ4v) is 5.69. The van der Waals surface area contributed by atoms with Crippen LogP contribution in [0.1, 0.15) is 70.0 Å². The first-order chi connectivity index (χ1) is 22.5. The minimum Gasteiger partial charge on any atom is -0.493 e. The van der Waals surface area contributed by atoms with Crippen LogP contribution >= 0.6 is 0 Å². The Bertz CT molecular complexity index is 1850. The third-order valence-electron chi connectivity index (χ3n) is 8.17. The number of ether oxygens (including phenoxy) is 2. The lowest BCUT2D eigenvalue weighted by Crippen LogP contribution is -2.36. The number of methoxy groups -OCH3 is 2. The van der Waals surface area contributed by atoms with Gasteiger partial charge in [0.15, 0.2) is 11.5 Å². The Hall–Kier alpha value is -5.75. The van der Waals surface area contributed by atoms with E-state index in [0.717, 1.165) is 22.3 Å². The summed E-state index contributed by atoms with van der Waals surface area (Å²) < 4.78 is 11.3. The average Bonchev–Trinajstić information content (AvgIpc) is 3.07. The van der Waals surface area contributed by atoms with Gasteiger partial charge in [-0.3, -0.25) is 9.68 Å². The molecule has 1 aliphatic rings. The first-order valence-electron chi connectivity index (χ1n) is 14.8. The second kappa shape index (κ2) is 13.7. The molecule has 5 N–H and O–H groups in total. The number of nitrogens with two attached hydrogens (primary N) is 2. The third kappa shape index (κ3) is 7.07. The van der Waals surface area contributed by atoms with Crippen molar-refractivity contribution in [1.29, 1.82) is 0 Å². The number of carbonyl (C=O) groups excluding carboxylic acids is 2. The first-order valence-corrected chi connectivity index (χ1v) is 14.8. The molecule has 1 unspecified atom stereocenters. The van der Waals surface area contributed by atoms with Crippen LogP contribution in [-0.2, 0) is 21.5 Å². The molecule has 242 valence electrons.